The molecule has 0 amide bonds. The van der Waals surface area contributed by atoms with E-state index in [1.54, 1.807) is 0 Å². The lowest BCUT2D eigenvalue weighted by Crippen LogP contribution is -2.45. The molecule has 142 valence electrons. The number of halogens is 6. The maximum absolute atomic E-state index is 13.2. The van der Waals surface area contributed by atoms with Crippen molar-refractivity contribution in [1.82, 2.24) is 14.9 Å². The minimum atomic E-state index is -5.74. The summed E-state index contributed by atoms with van der Waals surface area (Å²) in [6.07, 6.45) is -13.3. The largest absolute Gasteiger partial charge is 0.439 e. The average molecular weight is 398 g/mol. The minimum Gasteiger partial charge on any atom is -0.430 e. The number of rotatable bonds is 6. The van der Waals surface area contributed by atoms with E-state index in [2.05, 4.69) is 20.0 Å². The second kappa shape index (κ2) is 7.48. The molecule has 0 radical (unpaired) electrons. The average Bonchev–Trinajstić information content (AvgIpc) is 2.92. The summed E-state index contributed by atoms with van der Waals surface area (Å²) in [5, 5.41) is 10.6. The number of hydrogen-bond acceptors (Lipinski definition) is 4. The normalized spacial score (nSPS) is 14.0. The van der Waals surface area contributed by atoms with Crippen molar-refractivity contribution in [3.05, 3.63) is 40.4 Å². The first-order valence-corrected chi connectivity index (χ1v) is 7.53. The Bertz CT molecular complexity index is 827. The Labute approximate surface area is 148 Å². The van der Waals surface area contributed by atoms with Crippen LogP contribution in [0.4, 0.5) is 26.3 Å². The molecule has 1 aromatic heterocycles. The molecule has 12 heteroatoms. The summed E-state index contributed by atoms with van der Waals surface area (Å²) < 4.78 is 80.8. The van der Waals surface area contributed by atoms with Crippen LogP contribution in [-0.2, 0) is 6.42 Å². The summed E-state index contributed by atoms with van der Waals surface area (Å²) in [7, 11) is 0. The number of benzene rings is 1. The lowest BCUT2D eigenvalue weighted by molar-refractivity contribution is -0.304. The molecule has 0 unspecified atom stereocenters. The summed E-state index contributed by atoms with van der Waals surface area (Å²) in [5.41, 5.74) is 0.415. The van der Waals surface area contributed by atoms with Gasteiger partial charge in [-0.3, -0.25) is 5.10 Å². The summed E-state index contributed by atoms with van der Waals surface area (Å²) in [5.74, 6) is -0.0693. The van der Waals surface area contributed by atoms with Gasteiger partial charge in [0.1, 0.15) is 5.75 Å². The van der Waals surface area contributed by atoms with Gasteiger partial charge in [-0.15, -0.1) is 0 Å². The molecule has 0 aliphatic heterocycles. The van der Waals surface area contributed by atoms with Crippen molar-refractivity contribution in [3.8, 4) is 5.75 Å². The Kier molecular flexibility index (Phi) is 5.74. The van der Waals surface area contributed by atoms with Crippen LogP contribution >= 0.6 is 12.2 Å². The number of ether oxygens (including phenoxy) is 1. The third kappa shape index (κ3) is 4.62. The van der Waals surface area contributed by atoms with Crippen LogP contribution in [-0.4, -0.2) is 39.5 Å². The second-order valence-electron chi connectivity index (χ2n) is 4.99. The second-order valence-corrected chi connectivity index (χ2v) is 5.38. The molecule has 2 aromatic rings. The van der Waals surface area contributed by atoms with Crippen LogP contribution in [0.25, 0.3) is 0 Å². The molecule has 1 N–H and O–H groups in total. The van der Waals surface area contributed by atoms with Crippen molar-refractivity contribution in [3.63, 3.8) is 0 Å². The molecule has 0 aliphatic rings. The van der Waals surface area contributed by atoms with E-state index in [0.717, 1.165) is 12.1 Å². The van der Waals surface area contributed by atoms with Crippen molar-refractivity contribution >= 4 is 18.4 Å². The lowest BCUT2D eigenvalue weighted by Gasteiger charge is -2.23. The van der Waals surface area contributed by atoms with Gasteiger partial charge < -0.3 is 4.74 Å². The number of nitrogens with zero attached hydrogens (tertiary/aromatic N) is 3. The van der Waals surface area contributed by atoms with E-state index < -0.39 is 24.2 Å². The van der Waals surface area contributed by atoms with E-state index in [0.29, 0.717) is 17.8 Å². The predicted octanol–water partition coefficient (Wildman–Crippen LogP) is 4.26. The molecule has 2 rings (SSSR count). The molecular formula is C14H12F6N4OS. The summed E-state index contributed by atoms with van der Waals surface area (Å²) in [6, 6.07) is 4.44. The quantitative estimate of drug-likeness (QED) is 0.450. The molecule has 0 aliphatic carbocycles. The van der Waals surface area contributed by atoms with E-state index in [-0.39, 0.29) is 4.77 Å². The molecule has 1 heterocycles. The molecule has 26 heavy (non-hydrogen) atoms. The topological polar surface area (TPSA) is 55.2 Å². The Morgan fingerprint density at radius 3 is 2.42 bits per heavy atom. The van der Waals surface area contributed by atoms with Crippen LogP contribution < -0.4 is 4.74 Å². The van der Waals surface area contributed by atoms with Gasteiger partial charge >= 0.3 is 12.3 Å². The highest BCUT2D eigenvalue weighted by Crippen LogP contribution is 2.36. The smallest absolute Gasteiger partial charge is 0.430 e. The third-order valence-electron chi connectivity index (χ3n) is 3.07. The zero-order valence-corrected chi connectivity index (χ0v) is 13.9. The van der Waals surface area contributed by atoms with Gasteiger partial charge in [0.15, 0.2) is 5.82 Å². The van der Waals surface area contributed by atoms with Crippen LogP contribution in [0.1, 0.15) is 18.3 Å². The molecule has 0 fully saturated rings. The first-order valence-electron chi connectivity index (χ1n) is 7.13. The summed E-state index contributed by atoms with van der Waals surface area (Å²) in [6.45, 7) is 1.84. The fourth-order valence-electron chi connectivity index (χ4n) is 1.82. The van der Waals surface area contributed by atoms with E-state index in [4.69, 9.17) is 12.2 Å². The number of aromatic nitrogens is 3. The zero-order valence-electron chi connectivity index (χ0n) is 13.1. The number of hydrogen-bond donors (Lipinski definition) is 1. The van der Waals surface area contributed by atoms with Crippen molar-refractivity contribution in [2.24, 2.45) is 5.10 Å². The fourth-order valence-corrected chi connectivity index (χ4v) is 2.02. The van der Waals surface area contributed by atoms with E-state index >= 15 is 0 Å². The highest BCUT2D eigenvalue weighted by Gasteiger charge is 2.59. The Morgan fingerprint density at radius 1 is 1.27 bits per heavy atom. The molecular weight excluding hydrogens is 386 g/mol. The molecule has 1 aromatic carbocycles. The van der Waals surface area contributed by atoms with Crippen molar-refractivity contribution in [2.75, 3.05) is 0 Å². The van der Waals surface area contributed by atoms with E-state index in [9.17, 15) is 26.3 Å². The van der Waals surface area contributed by atoms with Gasteiger partial charge in [0.25, 0.3) is 6.17 Å². The van der Waals surface area contributed by atoms with Crippen molar-refractivity contribution < 1.29 is 31.1 Å². The van der Waals surface area contributed by atoms with E-state index in [1.165, 1.54) is 23.0 Å². The number of nitrogens with one attached hydrogen (secondary N) is 1. The predicted molar refractivity (Wildman–Crippen MR) is 82.7 cm³/mol. The van der Waals surface area contributed by atoms with E-state index in [1.807, 2.05) is 6.92 Å². The van der Waals surface area contributed by atoms with Crippen LogP contribution in [0.2, 0.25) is 0 Å². The maximum atomic E-state index is 13.2. The first-order chi connectivity index (χ1) is 12.0. The van der Waals surface area contributed by atoms with Gasteiger partial charge in [-0.1, -0.05) is 6.92 Å². The number of aryl methyl sites for hydroxylation is 1. The summed E-state index contributed by atoms with van der Waals surface area (Å²) in [4.78, 5) is 0. The molecule has 0 bridgehead atoms. The molecule has 0 saturated heterocycles. The number of aromatic amines is 1. The number of H-pyrrole nitrogens is 1. The van der Waals surface area contributed by atoms with Gasteiger partial charge in [0.05, 0.1) is 6.21 Å². The van der Waals surface area contributed by atoms with Gasteiger partial charge in [-0.25, -0.2) is 4.39 Å². The number of alkyl halides is 6. The Balaban J connectivity index is 2.12. The van der Waals surface area contributed by atoms with Gasteiger partial charge in [-0.2, -0.15) is 36.8 Å². The highest BCUT2D eigenvalue weighted by molar-refractivity contribution is 7.71. The minimum absolute atomic E-state index is 0.249. The monoisotopic (exact) mass is 398 g/mol. The molecule has 0 spiro atoms. The Hall–Kier alpha value is -2.37. The molecule has 0 saturated carbocycles. The highest BCUT2D eigenvalue weighted by atomic mass is 32.1. The van der Waals surface area contributed by atoms with Gasteiger partial charge in [0, 0.05) is 6.42 Å². The standard InChI is InChI=1S/C14H12F6N4OS/c1-2-10-22-23-12(26)24(10)21-7-8-3-5-9(6-4-8)25-14(19,20)11(15)13(16,17)18/h3-7,11H,2H2,1H3,(H,23,26)/b21-7-/t11-/m1/s1. The molecule has 5 nitrogen and oxygen atoms in total. The van der Waals surface area contributed by atoms with Crippen LogP contribution in [0.5, 0.6) is 5.75 Å². The van der Waals surface area contributed by atoms with Crippen LogP contribution in [0, 0.1) is 4.77 Å². The third-order valence-corrected chi connectivity index (χ3v) is 3.34. The van der Waals surface area contributed by atoms with Gasteiger partial charge in [-0.05, 0) is 42.0 Å². The van der Waals surface area contributed by atoms with Crippen molar-refractivity contribution in [2.45, 2.75) is 31.8 Å². The Morgan fingerprint density at radius 2 is 1.88 bits per heavy atom. The zero-order chi connectivity index (χ0) is 19.5. The van der Waals surface area contributed by atoms with Crippen LogP contribution in [0.15, 0.2) is 29.4 Å². The fraction of sp³-hybridized carbons (Fsp3) is 0.357. The maximum Gasteiger partial charge on any atom is 0.439 e. The first kappa shape index (κ1) is 19.9. The van der Waals surface area contributed by atoms with Crippen LogP contribution in [0.3, 0.4) is 0 Å². The summed E-state index contributed by atoms with van der Waals surface area (Å²) >= 11 is 4.99. The lowest BCUT2D eigenvalue weighted by atomic mass is 10.2. The van der Waals surface area contributed by atoms with Crippen molar-refractivity contribution in [1.29, 1.82) is 0 Å². The van der Waals surface area contributed by atoms with Gasteiger partial charge in [0.2, 0.25) is 4.77 Å². The molecule has 1 atom stereocenters. The SMILES string of the molecule is CCc1n[nH]c(=S)n1/N=C\c1ccc(OC(F)(F)[C@H](F)C(F)(F)F)cc1.